The molecule has 1 unspecified atom stereocenters. The highest BCUT2D eigenvalue weighted by atomic mass is 16.5. The molecule has 0 spiro atoms. The summed E-state index contributed by atoms with van der Waals surface area (Å²) in [7, 11) is 6.02. The summed E-state index contributed by atoms with van der Waals surface area (Å²) in [5.41, 5.74) is 0.681. The lowest BCUT2D eigenvalue weighted by molar-refractivity contribution is -0.142. The van der Waals surface area contributed by atoms with E-state index in [1.165, 1.54) is 7.11 Å². The number of methoxy groups -OCH3 is 4. The molecule has 0 N–H and O–H groups in total. The van der Waals surface area contributed by atoms with Crippen LogP contribution in [-0.2, 0) is 9.53 Å². The van der Waals surface area contributed by atoms with Crippen molar-refractivity contribution in [1.82, 2.24) is 0 Å². The zero-order valence-electron chi connectivity index (χ0n) is 12.0. The maximum atomic E-state index is 11.9. The average Bonchev–Trinajstić information content (AvgIpc) is 2.47. The van der Waals surface area contributed by atoms with Crippen LogP contribution in [-0.4, -0.2) is 34.4 Å². The lowest BCUT2D eigenvalue weighted by atomic mass is 9.94. The van der Waals surface area contributed by atoms with Gasteiger partial charge in [0.05, 0.1) is 39.9 Å². The van der Waals surface area contributed by atoms with Crippen molar-refractivity contribution in [2.45, 2.75) is 19.3 Å². The van der Waals surface area contributed by atoms with E-state index in [0.29, 0.717) is 29.2 Å². The third-order valence-electron chi connectivity index (χ3n) is 3.00. The van der Waals surface area contributed by atoms with E-state index in [2.05, 4.69) is 0 Å². The van der Waals surface area contributed by atoms with E-state index in [-0.39, 0.29) is 5.97 Å². The van der Waals surface area contributed by atoms with Crippen LogP contribution < -0.4 is 14.2 Å². The summed E-state index contributed by atoms with van der Waals surface area (Å²) in [6.45, 7) is 1.91. The molecule has 1 aromatic rings. The maximum Gasteiger partial charge on any atom is 0.313 e. The summed E-state index contributed by atoms with van der Waals surface area (Å²) >= 11 is 0. The van der Waals surface area contributed by atoms with E-state index in [0.717, 1.165) is 0 Å². The summed E-state index contributed by atoms with van der Waals surface area (Å²) in [4.78, 5) is 11.9. The van der Waals surface area contributed by atoms with Gasteiger partial charge in [-0.15, -0.1) is 0 Å². The molecule has 0 fully saturated rings. The zero-order chi connectivity index (χ0) is 14.4. The molecule has 1 rings (SSSR count). The first-order valence-corrected chi connectivity index (χ1v) is 6.00. The van der Waals surface area contributed by atoms with Gasteiger partial charge >= 0.3 is 5.97 Å². The quantitative estimate of drug-likeness (QED) is 0.741. The number of ether oxygens (including phenoxy) is 4. The van der Waals surface area contributed by atoms with Gasteiger partial charge in [0.15, 0.2) is 0 Å². The molecule has 106 valence electrons. The van der Waals surface area contributed by atoms with Crippen LogP contribution in [0, 0.1) is 0 Å². The maximum absolute atomic E-state index is 11.9. The summed E-state index contributed by atoms with van der Waals surface area (Å²) in [6, 6.07) is 3.45. The van der Waals surface area contributed by atoms with E-state index in [1.54, 1.807) is 33.5 Å². The molecule has 0 aliphatic rings. The summed E-state index contributed by atoms with van der Waals surface area (Å²) < 4.78 is 20.7. The minimum atomic E-state index is -0.430. The number of esters is 1. The topological polar surface area (TPSA) is 54.0 Å². The molecule has 19 heavy (non-hydrogen) atoms. The molecule has 0 heterocycles. The number of hydrogen-bond acceptors (Lipinski definition) is 5. The van der Waals surface area contributed by atoms with Crippen LogP contribution in [0.3, 0.4) is 0 Å². The van der Waals surface area contributed by atoms with E-state index in [9.17, 15) is 4.79 Å². The molecule has 1 aromatic carbocycles. The Hall–Kier alpha value is -1.91. The van der Waals surface area contributed by atoms with Crippen LogP contribution in [0.1, 0.15) is 24.8 Å². The van der Waals surface area contributed by atoms with Crippen molar-refractivity contribution in [3.05, 3.63) is 17.7 Å². The molecule has 5 heteroatoms. The van der Waals surface area contributed by atoms with Gasteiger partial charge in [-0.3, -0.25) is 4.79 Å². The summed E-state index contributed by atoms with van der Waals surface area (Å²) in [5.74, 6) is 0.962. The minimum Gasteiger partial charge on any atom is -0.496 e. The molecule has 0 aromatic heterocycles. The smallest absolute Gasteiger partial charge is 0.313 e. The Morgan fingerprint density at radius 3 is 1.89 bits per heavy atom. The Bertz CT molecular complexity index is 416. The Balaban J connectivity index is 3.41. The van der Waals surface area contributed by atoms with E-state index >= 15 is 0 Å². The molecule has 0 saturated heterocycles. The third kappa shape index (κ3) is 3.10. The van der Waals surface area contributed by atoms with Crippen LogP contribution in [0.4, 0.5) is 0 Å². The first kappa shape index (κ1) is 15.1. The first-order valence-electron chi connectivity index (χ1n) is 6.00. The van der Waals surface area contributed by atoms with Gasteiger partial charge in [0.25, 0.3) is 0 Å². The molecule has 0 aliphatic heterocycles. The molecule has 1 atom stereocenters. The van der Waals surface area contributed by atoms with Crippen molar-refractivity contribution in [3.63, 3.8) is 0 Å². The number of carbonyl (C=O) groups is 1. The van der Waals surface area contributed by atoms with Crippen molar-refractivity contribution in [3.8, 4) is 17.2 Å². The number of benzene rings is 1. The molecule has 0 saturated carbocycles. The molecular formula is C14H20O5. The van der Waals surface area contributed by atoms with E-state index in [4.69, 9.17) is 18.9 Å². The monoisotopic (exact) mass is 268 g/mol. The van der Waals surface area contributed by atoms with Crippen molar-refractivity contribution < 1.29 is 23.7 Å². The van der Waals surface area contributed by atoms with Gasteiger partial charge in [-0.25, -0.2) is 0 Å². The first-order chi connectivity index (χ1) is 9.12. The fourth-order valence-corrected chi connectivity index (χ4v) is 2.01. The lowest BCUT2D eigenvalue weighted by Gasteiger charge is -2.20. The number of rotatable bonds is 6. The normalized spacial score (nSPS) is 11.6. The van der Waals surface area contributed by atoms with Crippen LogP contribution in [0.2, 0.25) is 0 Å². The van der Waals surface area contributed by atoms with Crippen LogP contribution >= 0.6 is 0 Å². The van der Waals surface area contributed by atoms with E-state index < -0.39 is 5.92 Å². The molecule has 0 radical (unpaired) electrons. The van der Waals surface area contributed by atoms with Crippen LogP contribution in [0.25, 0.3) is 0 Å². The largest absolute Gasteiger partial charge is 0.496 e. The summed E-state index contributed by atoms with van der Waals surface area (Å²) in [6.07, 6.45) is 0.589. The molecule has 5 nitrogen and oxygen atoms in total. The Morgan fingerprint density at radius 2 is 1.58 bits per heavy atom. The van der Waals surface area contributed by atoms with Gasteiger partial charge < -0.3 is 18.9 Å². The fourth-order valence-electron chi connectivity index (χ4n) is 2.01. The highest BCUT2D eigenvalue weighted by Gasteiger charge is 2.27. The fraction of sp³-hybridized carbons (Fsp3) is 0.500. The molecule has 0 aliphatic carbocycles. The molecular weight excluding hydrogens is 248 g/mol. The van der Waals surface area contributed by atoms with Gasteiger partial charge in [0, 0.05) is 12.1 Å². The number of carbonyl (C=O) groups excluding carboxylic acids is 1. The summed E-state index contributed by atoms with van der Waals surface area (Å²) in [5, 5.41) is 0. The second-order valence-electron chi connectivity index (χ2n) is 3.93. The lowest BCUT2D eigenvalue weighted by Crippen LogP contribution is -2.15. The van der Waals surface area contributed by atoms with Crippen molar-refractivity contribution >= 4 is 5.97 Å². The van der Waals surface area contributed by atoms with Gasteiger partial charge in [0.2, 0.25) is 0 Å². The van der Waals surface area contributed by atoms with Crippen molar-refractivity contribution in [1.29, 1.82) is 0 Å². The highest BCUT2D eigenvalue weighted by Crippen LogP contribution is 2.40. The molecule has 0 bridgehead atoms. The Labute approximate surface area is 113 Å². The highest BCUT2D eigenvalue weighted by molar-refractivity contribution is 5.80. The van der Waals surface area contributed by atoms with Gasteiger partial charge in [0.1, 0.15) is 17.2 Å². The second kappa shape index (κ2) is 6.87. The third-order valence-corrected chi connectivity index (χ3v) is 3.00. The van der Waals surface area contributed by atoms with Gasteiger partial charge in [-0.05, 0) is 6.42 Å². The predicted octanol–water partition coefficient (Wildman–Crippen LogP) is 2.38. The van der Waals surface area contributed by atoms with Crippen LogP contribution in [0.5, 0.6) is 17.2 Å². The van der Waals surface area contributed by atoms with Crippen LogP contribution in [0.15, 0.2) is 12.1 Å². The zero-order valence-corrected chi connectivity index (χ0v) is 12.0. The Kier molecular flexibility index (Phi) is 5.48. The van der Waals surface area contributed by atoms with E-state index in [1.807, 2.05) is 6.92 Å². The average molecular weight is 268 g/mol. The minimum absolute atomic E-state index is 0.315. The molecule has 0 amide bonds. The standard InChI is InChI=1S/C14H20O5/c1-6-10(14(15)19-5)13-11(17-3)7-9(16-2)8-12(13)18-4/h7-8,10H,6H2,1-5H3. The second-order valence-corrected chi connectivity index (χ2v) is 3.93. The van der Waals surface area contributed by atoms with Crippen molar-refractivity contribution in [2.24, 2.45) is 0 Å². The number of hydrogen-bond donors (Lipinski definition) is 0. The Morgan fingerprint density at radius 1 is 1.05 bits per heavy atom. The SMILES string of the molecule is CCC(C(=O)OC)c1c(OC)cc(OC)cc1OC. The van der Waals surface area contributed by atoms with Gasteiger partial charge in [-0.2, -0.15) is 0 Å². The van der Waals surface area contributed by atoms with Crippen molar-refractivity contribution in [2.75, 3.05) is 28.4 Å². The predicted molar refractivity (Wildman–Crippen MR) is 71.1 cm³/mol. The van der Waals surface area contributed by atoms with Gasteiger partial charge in [-0.1, -0.05) is 6.92 Å².